The number of nitrogens with zero attached hydrogens (tertiary/aromatic N) is 4. The van der Waals surface area contributed by atoms with Gasteiger partial charge in [-0.05, 0) is 6.07 Å². The molecule has 0 radical (unpaired) electrons. The van der Waals surface area contributed by atoms with Crippen molar-refractivity contribution in [1.82, 2.24) is 19.7 Å². The maximum Gasteiger partial charge on any atom is 0.156 e. The van der Waals surface area contributed by atoms with Gasteiger partial charge in [0.25, 0.3) is 0 Å². The first kappa shape index (κ1) is 6.03. The second kappa shape index (κ2) is 2.49. The molecular weight excluding hydrogens is 140 g/mol. The van der Waals surface area contributed by atoms with Gasteiger partial charge in [0.05, 0.1) is 0 Å². The van der Waals surface area contributed by atoms with Crippen molar-refractivity contribution in [1.29, 1.82) is 0 Å². The maximum absolute atomic E-state index is 4.01. The third-order valence-electron chi connectivity index (χ3n) is 1.31. The molecule has 0 fully saturated rings. The molecule has 2 rings (SSSR count). The molecule has 0 saturated heterocycles. The van der Waals surface area contributed by atoms with Gasteiger partial charge < -0.3 is 0 Å². The standard InChI is InChI=1S/C7H6N4/c1-3-10-11(5-1)7-2-4-8-6-9-7/h1-6H. The Morgan fingerprint density at radius 3 is 2.91 bits per heavy atom. The lowest BCUT2D eigenvalue weighted by atomic mass is 10.6. The van der Waals surface area contributed by atoms with Gasteiger partial charge in [0, 0.05) is 24.7 Å². The van der Waals surface area contributed by atoms with E-state index in [2.05, 4.69) is 15.1 Å². The summed E-state index contributed by atoms with van der Waals surface area (Å²) < 4.78 is 1.68. The van der Waals surface area contributed by atoms with Crippen LogP contribution in [0.1, 0.15) is 0 Å². The molecule has 4 nitrogen and oxygen atoms in total. The minimum atomic E-state index is 0.782. The average molecular weight is 146 g/mol. The summed E-state index contributed by atoms with van der Waals surface area (Å²) in [4.78, 5) is 7.81. The van der Waals surface area contributed by atoms with E-state index in [-0.39, 0.29) is 0 Å². The monoisotopic (exact) mass is 146 g/mol. The first-order valence-electron chi connectivity index (χ1n) is 3.23. The van der Waals surface area contributed by atoms with Gasteiger partial charge in [0.2, 0.25) is 0 Å². The summed E-state index contributed by atoms with van der Waals surface area (Å²) >= 11 is 0. The molecule has 2 aromatic rings. The minimum Gasteiger partial charge on any atom is -0.245 e. The zero-order chi connectivity index (χ0) is 7.52. The number of hydrogen-bond acceptors (Lipinski definition) is 3. The van der Waals surface area contributed by atoms with Crippen LogP contribution in [-0.4, -0.2) is 19.7 Å². The van der Waals surface area contributed by atoms with Gasteiger partial charge >= 0.3 is 0 Å². The quantitative estimate of drug-likeness (QED) is 0.593. The normalized spacial score (nSPS) is 9.82. The summed E-state index contributed by atoms with van der Waals surface area (Å²) in [6.45, 7) is 0. The average Bonchev–Trinajstić information content (AvgIpc) is 2.58. The Hall–Kier alpha value is -1.71. The molecule has 0 N–H and O–H groups in total. The molecule has 0 aromatic carbocycles. The fourth-order valence-electron chi connectivity index (χ4n) is 0.824. The van der Waals surface area contributed by atoms with E-state index in [1.54, 1.807) is 23.1 Å². The maximum atomic E-state index is 4.01. The Morgan fingerprint density at radius 2 is 2.27 bits per heavy atom. The van der Waals surface area contributed by atoms with Crippen LogP contribution < -0.4 is 0 Å². The molecule has 0 aliphatic carbocycles. The van der Waals surface area contributed by atoms with Crippen LogP contribution in [0.4, 0.5) is 0 Å². The van der Waals surface area contributed by atoms with Gasteiger partial charge in [-0.25, -0.2) is 14.6 Å². The van der Waals surface area contributed by atoms with Crippen molar-refractivity contribution < 1.29 is 0 Å². The van der Waals surface area contributed by atoms with Gasteiger partial charge in [-0.3, -0.25) is 0 Å². The Balaban J connectivity index is 2.46. The van der Waals surface area contributed by atoms with Gasteiger partial charge in [-0.15, -0.1) is 0 Å². The van der Waals surface area contributed by atoms with Crippen molar-refractivity contribution >= 4 is 0 Å². The summed E-state index contributed by atoms with van der Waals surface area (Å²) in [6, 6.07) is 3.65. The van der Waals surface area contributed by atoms with Crippen molar-refractivity contribution in [2.24, 2.45) is 0 Å². The van der Waals surface area contributed by atoms with Crippen LogP contribution in [0.5, 0.6) is 0 Å². The fraction of sp³-hybridized carbons (Fsp3) is 0. The second-order valence-corrected chi connectivity index (χ2v) is 2.02. The summed E-state index contributed by atoms with van der Waals surface area (Å²) in [5, 5.41) is 4.01. The molecule has 0 amide bonds. The Labute approximate surface area is 63.5 Å². The molecule has 0 unspecified atom stereocenters. The van der Waals surface area contributed by atoms with Gasteiger partial charge in [0.15, 0.2) is 5.82 Å². The van der Waals surface area contributed by atoms with E-state index in [1.165, 1.54) is 6.33 Å². The molecule has 2 aromatic heterocycles. The van der Waals surface area contributed by atoms with Gasteiger partial charge in [-0.1, -0.05) is 0 Å². The lowest BCUT2D eigenvalue weighted by molar-refractivity contribution is 0.839. The predicted molar refractivity (Wildman–Crippen MR) is 39.2 cm³/mol. The summed E-state index contributed by atoms with van der Waals surface area (Å²) in [5.41, 5.74) is 0. The Bertz CT molecular complexity index is 313. The van der Waals surface area contributed by atoms with E-state index in [0.29, 0.717) is 0 Å². The molecule has 11 heavy (non-hydrogen) atoms. The van der Waals surface area contributed by atoms with E-state index in [0.717, 1.165) is 5.82 Å². The molecule has 0 aliphatic rings. The van der Waals surface area contributed by atoms with E-state index >= 15 is 0 Å². The van der Waals surface area contributed by atoms with Gasteiger partial charge in [-0.2, -0.15) is 5.10 Å². The van der Waals surface area contributed by atoms with Crippen molar-refractivity contribution in [2.75, 3.05) is 0 Å². The van der Waals surface area contributed by atoms with E-state index in [1.807, 2.05) is 12.3 Å². The van der Waals surface area contributed by atoms with Gasteiger partial charge in [0.1, 0.15) is 6.33 Å². The molecule has 0 atom stereocenters. The van der Waals surface area contributed by atoms with Crippen LogP contribution in [0.3, 0.4) is 0 Å². The molecule has 0 bridgehead atoms. The first-order valence-corrected chi connectivity index (χ1v) is 3.23. The first-order chi connectivity index (χ1) is 5.47. The number of rotatable bonds is 1. The van der Waals surface area contributed by atoms with Crippen LogP contribution in [0.25, 0.3) is 5.82 Å². The minimum absolute atomic E-state index is 0.782. The van der Waals surface area contributed by atoms with E-state index in [9.17, 15) is 0 Å². The Morgan fingerprint density at radius 1 is 1.27 bits per heavy atom. The van der Waals surface area contributed by atoms with E-state index in [4.69, 9.17) is 0 Å². The van der Waals surface area contributed by atoms with Crippen molar-refractivity contribution in [2.45, 2.75) is 0 Å². The SMILES string of the molecule is c1cnn(-c2ccncn2)c1. The molecule has 0 spiro atoms. The largest absolute Gasteiger partial charge is 0.245 e. The zero-order valence-corrected chi connectivity index (χ0v) is 5.75. The van der Waals surface area contributed by atoms with Crippen molar-refractivity contribution in [3.05, 3.63) is 37.1 Å². The molecule has 0 saturated carbocycles. The van der Waals surface area contributed by atoms with E-state index < -0.39 is 0 Å². The number of hydrogen-bond donors (Lipinski definition) is 0. The lowest BCUT2D eigenvalue weighted by Crippen LogP contribution is -1.96. The van der Waals surface area contributed by atoms with Crippen LogP contribution in [0.2, 0.25) is 0 Å². The third-order valence-corrected chi connectivity index (χ3v) is 1.31. The highest BCUT2D eigenvalue weighted by molar-refractivity contribution is 5.16. The molecular formula is C7H6N4. The van der Waals surface area contributed by atoms with Crippen molar-refractivity contribution in [3.63, 3.8) is 0 Å². The Kier molecular flexibility index (Phi) is 1.37. The van der Waals surface area contributed by atoms with Crippen LogP contribution in [0, 0.1) is 0 Å². The zero-order valence-electron chi connectivity index (χ0n) is 5.75. The summed E-state index contributed by atoms with van der Waals surface area (Å²) in [6.07, 6.45) is 6.73. The molecule has 0 aliphatic heterocycles. The third kappa shape index (κ3) is 1.10. The fourth-order valence-corrected chi connectivity index (χ4v) is 0.824. The number of aromatic nitrogens is 4. The lowest BCUT2D eigenvalue weighted by Gasteiger charge is -1.95. The van der Waals surface area contributed by atoms with Crippen LogP contribution in [0.15, 0.2) is 37.1 Å². The molecule has 54 valence electrons. The smallest absolute Gasteiger partial charge is 0.156 e. The van der Waals surface area contributed by atoms with Crippen LogP contribution >= 0.6 is 0 Å². The second-order valence-electron chi connectivity index (χ2n) is 2.02. The van der Waals surface area contributed by atoms with Crippen molar-refractivity contribution in [3.8, 4) is 5.82 Å². The molecule has 2 heterocycles. The highest BCUT2D eigenvalue weighted by atomic mass is 15.3. The highest BCUT2D eigenvalue weighted by Crippen LogP contribution is 1.97. The summed E-state index contributed by atoms with van der Waals surface area (Å²) in [7, 11) is 0. The summed E-state index contributed by atoms with van der Waals surface area (Å²) in [5.74, 6) is 0.782. The van der Waals surface area contributed by atoms with Crippen LogP contribution in [-0.2, 0) is 0 Å². The topological polar surface area (TPSA) is 43.6 Å². The predicted octanol–water partition coefficient (Wildman–Crippen LogP) is 0.662. The molecule has 4 heteroatoms. The highest BCUT2D eigenvalue weighted by Gasteiger charge is 1.92.